The SMILES string of the molecule is Cc1ccc(S(=O)(=O)N(C)C2CCCC2)cc1C(=O)O. The van der Waals surface area contributed by atoms with Crippen molar-refractivity contribution < 1.29 is 18.3 Å². The molecule has 0 atom stereocenters. The van der Waals surface area contributed by atoms with Gasteiger partial charge in [0.2, 0.25) is 10.0 Å². The molecule has 110 valence electrons. The van der Waals surface area contributed by atoms with Crippen LogP contribution >= 0.6 is 0 Å². The first-order valence-electron chi connectivity index (χ1n) is 6.66. The summed E-state index contributed by atoms with van der Waals surface area (Å²) < 4.78 is 26.5. The van der Waals surface area contributed by atoms with Crippen molar-refractivity contribution in [3.63, 3.8) is 0 Å². The van der Waals surface area contributed by atoms with Gasteiger partial charge in [0.1, 0.15) is 0 Å². The predicted molar refractivity (Wildman–Crippen MR) is 75.3 cm³/mol. The van der Waals surface area contributed by atoms with Gasteiger partial charge in [-0.15, -0.1) is 0 Å². The number of hydrogen-bond acceptors (Lipinski definition) is 3. The van der Waals surface area contributed by atoms with E-state index in [0.717, 1.165) is 25.7 Å². The maximum absolute atomic E-state index is 12.5. The number of sulfonamides is 1. The Morgan fingerprint density at radius 2 is 1.90 bits per heavy atom. The van der Waals surface area contributed by atoms with Crippen molar-refractivity contribution in [3.8, 4) is 0 Å². The fraction of sp³-hybridized carbons (Fsp3) is 0.500. The number of carbonyl (C=O) groups is 1. The highest BCUT2D eigenvalue weighted by atomic mass is 32.2. The Hall–Kier alpha value is -1.40. The molecule has 6 heteroatoms. The highest BCUT2D eigenvalue weighted by molar-refractivity contribution is 7.89. The Balaban J connectivity index is 2.38. The fourth-order valence-corrected chi connectivity index (χ4v) is 4.07. The molecule has 0 aliphatic heterocycles. The van der Waals surface area contributed by atoms with Crippen LogP contribution in [0.2, 0.25) is 0 Å². The summed E-state index contributed by atoms with van der Waals surface area (Å²) in [7, 11) is -2.05. The molecule has 0 saturated heterocycles. The number of carboxylic acid groups (broad SMARTS) is 1. The van der Waals surface area contributed by atoms with Crippen molar-refractivity contribution in [2.45, 2.75) is 43.5 Å². The Bertz CT molecular complexity index is 618. The molecule has 0 aromatic heterocycles. The second-order valence-electron chi connectivity index (χ2n) is 5.24. The molecule has 1 aliphatic carbocycles. The van der Waals surface area contributed by atoms with Crippen LogP contribution in [0.4, 0.5) is 0 Å². The van der Waals surface area contributed by atoms with E-state index in [1.165, 1.54) is 16.4 Å². The lowest BCUT2D eigenvalue weighted by atomic mass is 10.1. The first-order valence-corrected chi connectivity index (χ1v) is 8.10. The molecule has 0 unspecified atom stereocenters. The van der Waals surface area contributed by atoms with E-state index >= 15 is 0 Å². The van der Waals surface area contributed by atoms with Gasteiger partial charge < -0.3 is 5.11 Å². The monoisotopic (exact) mass is 297 g/mol. The molecule has 0 amide bonds. The van der Waals surface area contributed by atoms with E-state index < -0.39 is 16.0 Å². The lowest BCUT2D eigenvalue weighted by Crippen LogP contribution is -2.35. The lowest BCUT2D eigenvalue weighted by molar-refractivity contribution is 0.0696. The molecule has 1 fully saturated rings. The zero-order valence-electron chi connectivity index (χ0n) is 11.7. The minimum atomic E-state index is -3.63. The maximum Gasteiger partial charge on any atom is 0.335 e. The number of rotatable bonds is 4. The van der Waals surface area contributed by atoms with Gasteiger partial charge in [0.05, 0.1) is 10.5 Å². The summed E-state index contributed by atoms with van der Waals surface area (Å²) in [6, 6.07) is 4.29. The van der Waals surface area contributed by atoms with Crippen molar-refractivity contribution in [2.75, 3.05) is 7.05 Å². The van der Waals surface area contributed by atoms with Crippen molar-refractivity contribution in [3.05, 3.63) is 29.3 Å². The Labute approximate surface area is 119 Å². The van der Waals surface area contributed by atoms with Crippen molar-refractivity contribution in [1.29, 1.82) is 0 Å². The molecule has 0 heterocycles. The second kappa shape index (κ2) is 5.54. The van der Waals surface area contributed by atoms with E-state index in [4.69, 9.17) is 5.11 Å². The first-order chi connectivity index (χ1) is 9.34. The van der Waals surface area contributed by atoms with Crippen LogP contribution in [0.15, 0.2) is 23.1 Å². The number of benzene rings is 1. The minimum absolute atomic E-state index is 0.0228. The zero-order valence-corrected chi connectivity index (χ0v) is 12.5. The summed E-state index contributed by atoms with van der Waals surface area (Å²) in [6.45, 7) is 1.65. The van der Waals surface area contributed by atoms with Gasteiger partial charge in [0.25, 0.3) is 0 Å². The summed E-state index contributed by atoms with van der Waals surface area (Å²) in [6.07, 6.45) is 3.82. The Morgan fingerprint density at radius 1 is 1.30 bits per heavy atom. The Kier molecular flexibility index (Phi) is 4.15. The molecular weight excluding hydrogens is 278 g/mol. The minimum Gasteiger partial charge on any atom is -0.478 e. The molecule has 1 aromatic rings. The molecule has 1 aromatic carbocycles. The van der Waals surface area contributed by atoms with Gasteiger partial charge in [-0.05, 0) is 37.5 Å². The number of aryl methyl sites for hydroxylation is 1. The largest absolute Gasteiger partial charge is 0.478 e. The molecule has 0 radical (unpaired) electrons. The lowest BCUT2D eigenvalue weighted by Gasteiger charge is -2.23. The summed E-state index contributed by atoms with van der Waals surface area (Å²) in [5, 5.41) is 9.10. The summed E-state index contributed by atoms with van der Waals surface area (Å²) in [5.41, 5.74) is 0.589. The highest BCUT2D eigenvalue weighted by Crippen LogP contribution is 2.28. The van der Waals surface area contributed by atoms with Crippen LogP contribution in [-0.4, -0.2) is 36.9 Å². The summed E-state index contributed by atoms with van der Waals surface area (Å²) >= 11 is 0. The molecule has 20 heavy (non-hydrogen) atoms. The fourth-order valence-electron chi connectivity index (χ4n) is 2.62. The molecular formula is C14H19NO4S. The van der Waals surface area contributed by atoms with Gasteiger partial charge in [-0.1, -0.05) is 18.9 Å². The molecule has 1 aliphatic rings. The van der Waals surface area contributed by atoms with E-state index in [0.29, 0.717) is 5.56 Å². The summed E-state index contributed by atoms with van der Waals surface area (Å²) in [4.78, 5) is 11.2. The standard InChI is InChI=1S/C14H19NO4S/c1-10-7-8-12(9-13(10)14(16)17)20(18,19)15(2)11-5-3-4-6-11/h7-9,11H,3-6H2,1-2H3,(H,16,17). The molecule has 2 rings (SSSR count). The molecule has 0 bridgehead atoms. The number of hydrogen-bond donors (Lipinski definition) is 1. The smallest absolute Gasteiger partial charge is 0.335 e. The number of carboxylic acids is 1. The first kappa shape index (κ1) is 15.0. The highest BCUT2D eigenvalue weighted by Gasteiger charge is 2.30. The number of aromatic carboxylic acids is 1. The average molecular weight is 297 g/mol. The normalized spacial score (nSPS) is 16.8. The zero-order chi connectivity index (χ0) is 14.9. The second-order valence-corrected chi connectivity index (χ2v) is 7.24. The van der Waals surface area contributed by atoms with Crippen LogP contribution in [-0.2, 0) is 10.0 Å². The average Bonchev–Trinajstić information content (AvgIpc) is 2.91. The van der Waals surface area contributed by atoms with Crippen LogP contribution < -0.4 is 0 Å². The maximum atomic E-state index is 12.5. The third-order valence-corrected chi connectivity index (χ3v) is 5.86. The van der Waals surface area contributed by atoms with Crippen molar-refractivity contribution >= 4 is 16.0 Å². The van der Waals surface area contributed by atoms with E-state index in [-0.39, 0.29) is 16.5 Å². The van der Waals surface area contributed by atoms with E-state index in [1.807, 2.05) is 0 Å². The van der Waals surface area contributed by atoms with Crippen LogP contribution in [0, 0.1) is 6.92 Å². The predicted octanol–water partition coefficient (Wildman–Crippen LogP) is 2.26. The molecule has 1 N–H and O–H groups in total. The van der Waals surface area contributed by atoms with Gasteiger partial charge in [0.15, 0.2) is 0 Å². The van der Waals surface area contributed by atoms with Gasteiger partial charge in [-0.3, -0.25) is 0 Å². The van der Waals surface area contributed by atoms with E-state index in [1.54, 1.807) is 20.0 Å². The van der Waals surface area contributed by atoms with Crippen LogP contribution in [0.3, 0.4) is 0 Å². The quantitative estimate of drug-likeness (QED) is 0.925. The van der Waals surface area contributed by atoms with Crippen LogP contribution in [0.1, 0.15) is 41.6 Å². The van der Waals surface area contributed by atoms with Crippen molar-refractivity contribution in [2.24, 2.45) is 0 Å². The Morgan fingerprint density at radius 3 is 2.45 bits per heavy atom. The molecule has 1 saturated carbocycles. The van der Waals surface area contributed by atoms with E-state index in [9.17, 15) is 13.2 Å². The third kappa shape index (κ3) is 2.71. The third-order valence-electron chi connectivity index (χ3n) is 3.96. The van der Waals surface area contributed by atoms with Gasteiger partial charge in [-0.25, -0.2) is 13.2 Å². The van der Waals surface area contributed by atoms with E-state index in [2.05, 4.69) is 0 Å². The van der Waals surface area contributed by atoms with Gasteiger partial charge in [-0.2, -0.15) is 4.31 Å². The van der Waals surface area contributed by atoms with Gasteiger partial charge in [0, 0.05) is 13.1 Å². The van der Waals surface area contributed by atoms with Crippen LogP contribution in [0.25, 0.3) is 0 Å². The summed E-state index contributed by atoms with van der Waals surface area (Å²) in [5.74, 6) is -1.11. The molecule has 5 nitrogen and oxygen atoms in total. The van der Waals surface area contributed by atoms with Crippen molar-refractivity contribution in [1.82, 2.24) is 4.31 Å². The number of nitrogens with zero attached hydrogens (tertiary/aromatic N) is 1. The topological polar surface area (TPSA) is 74.7 Å². The van der Waals surface area contributed by atoms with Crippen LogP contribution in [0.5, 0.6) is 0 Å². The molecule has 0 spiro atoms. The van der Waals surface area contributed by atoms with Gasteiger partial charge >= 0.3 is 5.97 Å².